The fourth-order valence-corrected chi connectivity index (χ4v) is 2.64. The second kappa shape index (κ2) is 7.01. The van der Waals surface area contributed by atoms with Gasteiger partial charge in [0.2, 0.25) is 0 Å². The van der Waals surface area contributed by atoms with Crippen LogP contribution in [0.5, 0.6) is 11.8 Å². The molecule has 1 aromatic heterocycles. The lowest BCUT2D eigenvalue weighted by atomic mass is 9.92. The lowest BCUT2D eigenvalue weighted by Gasteiger charge is -2.32. The first-order valence-electron chi connectivity index (χ1n) is 7.15. The van der Waals surface area contributed by atoms with Gasteiger partial charge in [-0.15, -0.1) is 0 Å². The third-order valence-electron chi connectivity index (χ3n) is 3.76. The highest BCUT2D eigenvalue weighted by Gasteiger charge is 2.39. The Morgan fingerprint density at radius 3 is 2.46 bits per heavy atom. The van der Waals surface area contributed by atoms with Gasteiger partial charge >= 0.3 is 5.97 Å². The fraction of sp³-hybridized carbons (Fsp3) is 0.214. The first kappa shape index (κ1) is 18.6. The Bertz CT molecular complexity index is 899. The largest absolute Gasteiger partial charge is 0.494 e. The van der Waals surface area contributed by atoms with Crippen molar-refractivity contribution in [1.29, 1.82) is 0 Å². The van der Waals surface area contributed by atoms with Gasteiger partial charge in [0.1, 0.15) is 5.66 Å². The normalized spacial score (nSPS) is 12.8. The molecule has 26 heavy (non-hydrogen) atoms. The molecule has 0 fully saturated rings. The Labute approximate surface area is 145 Å². The van der Waals surface area contributed by atoms with Crippen LogP contribution in [0, 0.1) is 10.1 Å². The van der Waals surface area contributed by atoms with Gasteiger partial charge in [0.25, 0.3) is 5.69 Å². The smallest absolute Gasteiger partial charge is 0.303 e. The van der Waals surface area contributed by atoms with Crippen molar-refractivity contribution < 1.29 is 25.0 Å². The Balaban J connectivity index is 2.75. The molecule has 12 nitrogen and oxygen atoms in total. The van der Waals surface area contributed by atoms with Crippen molar-refractivity contribution in [2.75, 3.05) is 0 Å². The second-order valence-electron chi connectivity index (χ2n) is 5.35. The monoisotopic (exact) mass is 362 g/mol. The van der Waals surface area contributed by atoms with Crippen LogP contribution in [0.2, 0.25) is 0 Å². The summed E-state index contributed by atoms with van der Waals surface area (Å²) in [6.07, 6.45) is -0.872. The number of aromatic hydroxyl groups is 2. The van der Waals surface area contributed by atoms with E-state index in [0.29, 0.717) is 0 Å². The molecule has 0 aliphatic carbocycles. The highest BCUT2D eigenvalue weighted by Crippen LogP contribution is 2.40. The summed E-state index contributed by atoms with van der Waals surface area (Å²) in [5.74, 6) is -2.24. The summed E-state index contributed by atoms with van der Waals surface area (Å²) < 4.78 is 0.797. The Hall–Kier alpha value is -3.76. The number of carbonyl (C=O) groups is 1. The molecule has 0 spiro atoms. The predicted molar refractivity (Wildman–Crippen MR) is 87.8 cm³/mol. The summed E-state index contributed by atoms with van der Waals surface area (Å²) in [6.45, 7) is 0. The average molecular weight is 362 g/mol. The lowest BCUT2D eigenvalue weighted by Crippen LogP contribution is -2.44. The van der Waals surface area contributed by atoms with E-state index in [2.05, 4.69) is 10.0 Å². The summed E-state index contributed by atoms with van der Waals surface area (Å²) in [7, 11) is 0. The minimum atomic E-state index is -1.95. The molecule has 2 rings (SSSR count). The minimum absolute atomic E-state index is 0.0514. The fourth-order valence-electron chi connectivity index (χ4n) is 2.64. The number of carboxylic acids is 1. The standard InChI is InChI=1S/C14H14N6O6/c15-14(6-5-13(23)24,19-11(21)3-4-12(19)22)9-2-1-8(17-18-16)7-10(9)20(25)26/h1-4,7,21-22H,5-6,15H2,(H,23,24). The topological polar surface area (TPSA) is 201 Å². The van der Waals surface area contributed by atoms with Gasteiger partial charge in [-0.25, -0.2) is 0 Å². The van der Waals surface area contributed by atoms with E-state index in [9.17, 15) is 25.1 Å². The maximum absolute atomic E-state index is 11.5. The zero-order chi connectivity index (χ0) is 19.5. The van der Waals surface area contributed by atoms with E-state index in [1.165, 1.54) is 12.1 Å². The summed E-state index contributed by atoms with van der Waals surface area (Å²) in [5, 5.41) is 43.7. The van der Waals surface area contributed by atoms with E-state index in [0.717, 1.165) is 22.8 Å². The van der Waals surface area contributed by atoms with E-state index in [-0.39, 0.29) is 17.7 Å². The maximum Gasteiger partial charge on any atom is 0.303 e. The summed E-state index contributed by atoms with van der Waals surface area (Å²) >= 11 is 0. The molecule has 0 saturated carbocycles. The molecule has 0 saturated heterocycles. The predicted octanol–water partition coefficient (Wildman–Crippen LogP) is 2.27. The Kier molecular flexibility index (Phi) is 5.01. The molecular formula is C14H14N6O6. The third-order valence-corrected chi connectivity index (χ3v) is 3.76. The van der Waals surface area contributed by atoms with Crippen LogP contribution in [0.4, 0.5) is 11.4 Å². The molecule has 0 aliphatic heterocycles. The molecule has 0 bridgehead atoms. The number of nitro groups is 1. The van der Waals surface area contributed by atoms with Crippen molar-refractivity contribution in [3.05, 3.63) is 56.5 Å². The van der Waals surface area contributed by atoms with Gasteiger partial charge in [-0.1, -0.05) is 11.2 Å². The number of hydrogen-bond acceptors (Lipinski definition) is 7. The third kappa shape index (κ3) is 3.36. The minimum Gasteiger partial charge on any atom is -0.494 e. The van der Waals surface area contributed by atoms with Gasteiger partial charge in [0.15, 0.2) is 11.8 Å². The number of nitro benzene ring substituents is 1. The first-order valence-corrected chi connectivity index (χ1v) is 7.15. The maximum atomic E-state index is 11.5. The molecule has 0 radical (unpaired) electrons. The molecule has 0 amide bonds. The van der Waals surface area contributed by atoms with Crippen molar-refractivity contribution >= 4 is 17.3 Å². The van der Waals surface area contributed by atoms with Crippen LogP contribution in [0.1, 0.15) is 18.4 Å². The number of azide groups is 1. The molecule has 1 heterocycles. The quantitative estimate of drug-likeness (QED) is 0.190. The van der Waals surface area contributed by atoms with E-state index >= 15 is 0 Å². The second-order valence-corrected chi connectivity index (χ2v) is 5.35. The zero-order valence-electron chi connectivity index (χ0n) is 13.2. The summed E-state index contributed by atoms with van der Waals surface area (Å²) in [6, 6.07) is 5.62. The first-order chi connectivity index (χ1) is 12.2. The number of benzene rings is 1. The SMILES string of the molecule is [N-]=[N+]=Nc1ccc(C(N)(CCC(=O)O)n2c(O)ccc2O)c([N+](=O)[O-])c1. The van der Waals surface area contributed by atoms with Gasteiger partial charge in [-0.05, 0) is 18.0 Å². The van der Waals surface area contributed by atoms with Crippen LogP contribution in [-0.2, 0) is 10.5 Å². The van der Waals surface area contributed by atoms with E-state index in [4.69, 9.17) is 16.4 Å². The van der Waals surface area contributed by atoms with Crippen molar-refractivity contribution in [2.45, 2.75) is 18.5 Å². The molecule has 0 aliphatic rings. The van der Waals surface area contributed by atoms with E-state index in [1.54, 1.807) is 0 Å². The molecule has 1 aromatic carbocycles. The molecule has 1 atom stereocenters. The van der Waals surface area contributed by atoms with Crippen molar-refractivity contribution in [3.8, 4) is 11.8 Å². The number of carboxylic acid groups (broad SMARTS) is 1. The number of rotatable bonds is 7. The highest BCUT2D eigenvalue weighted by atomic mass is 16.6. The van der Waals surface area contributed by atoms with Crippen molar-refractivity contribution in [3.63, 3.8) is 0 Å². The molecule has 1 unspecified atom stereocenters. The number of nitrogens with zero attached hydrogens (tertiary/aromatic N) is 5. The van der Waals surface area contributed by atoms with Gasteiger partial charge in [0, 0.05) is 35.2 Å². The number of aliphatic carboxylic acids is 1. The molecule has 136 valence electrons. The summed E-state index contributed by atoms with van der Waals surface area (Å²) in [4.78, 5) is 24.2. The highest BCUT2D eigenvalue weighted by molar-refractivity contribution is 5.67. The van der Waals surface area contributed by atoms with Gasteiger partial charge in [0.05, 0.1) is 10.5 Å². The number of aromatic nitrogens is 1. The molecule has 2 aromatic rings. The molecule has 12 heteroatoms. The average Bonchev–Trinajstić information content (AvgIpc) is 2.92. The summed E-state index contributed by atoms with van der Waals surface area (Å²) in [5.41, 5.74) is 12.0. The van der Waals surface area contributed by atoms with E-state index < -0.39 is 40.4 Å². The number of hydrogen-bond donors (Lipinski definition) is 4. The van der Waals surface area contributed by atoms with Crippen LogP contribution in [0.15, 0.2) is 35.4 Å². The van der Waals surface area contributed by atoms with Crippen LogP contribution in [-0.4, -0.2) is 30.8 Å². The number of nitrogens with two attached hydrogens (primary N) is 1. The van der Waals surface area contributed by atoms with Crippen molar-refractivity contribution in [2.24, 2.45) is 10.8 Å². The molecule has 5 N–H and O–H groups in total. The van der Waals surface area contributed by atoms with Crippen molar-refractivity contribution in [1.82, 2.24) is 4.57 Å². The van der Waals surface area contributed by atoms with Crippen LogP contribution in [0.3, 0.4) is 0 Å². The zero-order valence-corrected chi connectivity index (χ0v) is 13.2. The molecular weight excluding hydrogens is 348 g/mol. The van der Waals surface area contributed by atoms with Crippen LogP contribution in [0.25, 0.3) is 10.4 Å². The van der Waals surface area contributed by atoms with Crippen LogP contribution >= 0.6 is 0 Å². The van der Waals surface area contributed by atoms with Gasteiger partial charge in [-0.2, -0.15) is 0 Å². The lowest BCUT2D eigenvalue weighted by molar-refractivity contribution is -0.386. The van der Waals surface area contributed by atoms with Gasteiger partial charge in [-0.3, -0.25) is 19.5 Å². The Morgan fingerprint density at radius 1 is 1.35 bits per heavy atom. The Morgan fingerprint density at radius 2 is 1.96 bits per heavy atom. The van der Waals surface area contributed by atoms with Crippen LogP contribution < -0.4 is 5.73 Å². The van der Waals surface area contributed by atoms with E-state index in [1.807, 2.05) is 0 Å². The van der Waals surface area contributed by atoms with Gasteiger partial charge < -0.3 is 21.1 Å².